The average molecular weight is 324 g/mol. The van der Waals surface area contributed by atoms with Crippen molar-refractivity contribution < 1.29 is 23.5 Å². The lowest BCUT2D eigenvalue weighted by Crippen LogP contribution is -2.48. The van der Waals surface area contributed by atoms with Crippen LogP contribution in [0.5, 0.6) is 0 Å². The van der Waals surface area contributed by atoms with E-state index >= 15 is 0 Å². The van der Waals surface area contributed by atoms with Gasteiger partial charge in [-0.15, -0.1) is 0 Å². The third-order valence-corrected chi connectivity index (χ3v) is 3.53. The molecular formula is C19H16O5. The summed E-state index contributed by atoms with van der Waals surface area (Å²) in [6.07, 6.45) is 1.47. The first kappa shape index (κ1) is 15.9. The fraction of sp³-hybridized carbons (Fsp3) is 0.263. The van der Waals surface area contributed by atoms with E-state index < -0.39 is 29.6 Å². The SMILES string of the molecule is CC1(C)OC(=O)C(C(C#Cc2ccccc2)c2ccco2)C(=O)O1. The second-order valence-corrected chi connectivity index (χ2v) is 5.85. The summed E-state index contributed by atoms with van der Waals surface area (Å²) in [6, 6.07) is 12.6. The fourth-order valence-corrected chi connectivity index (χ4v) is 2.47. The summed E-state index contributed by atoms with van der Waals surface area (Å²) >= 11 is 0. The van der Waals surface area contributed by atoms with Crippen molar-refractivity contribution in [3.63, 3.8) is 0 Å². The maximum absolute atomic E-state index is 12.3. The Morgan fingerprint density at radius 3 is 2.25 bits per heavy atom. The van der Waals surface area contributed by atoms with E-state index in [1.54, 1.807) is 12.1 Å². The van der Waals surface area contributed by atoms with Gasteiger partial charge < -0.3 is 13.9 Å². The molecule has 0 N–H and O–H groups in total. The third-order valence-electron chi connectivity index (χ3n) is 3.53. The molecule has 24 heavy (non-hydrogen) atoms. The van der Waals surface area contributed by atoms with Gasteiger partial charge in [0.25, 0.3) is 5.79 Å². The number of carbonyl (C=O) groups excluding carboxylic acids is 2. The summed E-state index contributed by atoms with van der Waals surface area (Å²) in [4.78, 5) is 24.7. The van der Waals surface area contributed by atoms with E-state index in [0.29, 0.717) is 5.76 Å². The van der Waals surface area contributed by atoms with Gasteiger partial charge in [-0.1, -0.05) is 30.0 Å². The minimum Gasteiger partial charge on any atom is -0.468 e. The monoisotopic (exact) mass is 324 g/mol. The zero-order chi connectivity index (χ0) is 17.2. The van der Waals surface area contributed by atoms with Crippen LogP contribution >= 0.6 is 0 Å². The Balaban J connectivity index is 1.96. The number of hydrogen-bond acceptors (Lipinski definition) is 5. The maximum atomic E-state index is 12.3. The van der Waals surface area contributed by atoms with Crippen LogP contribution in [0.3, 0.4) is 0 Å². The summed E-state index contributed by atoms with van der Waals surface area (Å²) in [6.45, 7) is 3.02. The van der Waals surface area contributed by atoms with Crippen LogP contribution in [0, 0.1) is 17.8 Å². The quantitative estimate of drug-likeness (QED) is 0.483. The Kier molecular flexibility index (Phi) is 4.13. The predicted octanol–water partition coefficient (Wildman–Crippen LogP) is 2.87. The summed E-state index contributed by atoms with van der Waals surface area (Å²) in [5.74, 6) is 1.76. The molecule has 2 aromatic rings. The molecule has 0 aliphatic carbocycles. The summed E-state index contributed by atoms with van der Waals surface area (Å²) in [7, 11) is 0. The van der Waals surface area contributed by atoms with Crippen LogP contribution in [-0.4, -0.2) is 17.7 Å². The molecule has 3 rings (SSSR count). The molecular weight excluding hydrogens is 308 g/mol. The first-order chi connectivity index (χ1) is 11.5. The molecule has 5 heteroatoms. The highest BCUT2D eigenvalue weighted by molar-refractivity contribution is 5.98. The number of benzene rings is 1. The van der Waals surface area contributed by atoms with Crippen molar-refractivity contribution in [3.05, 3.63) is 60.1 Å². The molecule has 122 valence electrons. The van der Waals surface area contributed by atoms with Crippen molar-refractivity contribution in [1.82, 2.24) is 0 Å². The summed E-state index contributed by atoms with van der Waals surface area (Å²) in [5.41, 5.74) is 0.770. The van der Waals surface area contributed by atoms with Gasteiger partial charge in [0.2, 0.25) is 0 Å². The minimum absolute atomic E-state index is 0.414. The van der Waals surface area contributed by atoms with E-state index in [-0.39, 0.29) is 0 Å². The molecule has 1 saturated heterocycles. The highest BCUT2D eigenvalue weighted by atomic mass is 16.7. The van der Waals surface area contributed by atoms with Crippen LogP contribution in [0.4, 0.5) is 0 Å². The van der Waals surface area contributed by atoms with Crippen LogP contribution in [0.15, 0.2) is 53.1 Å². The molecule has 1 aliphatic rings. The number of cyclic esters (lactones) is 2. The standard InChI is InChI=1S/C19H16O5/c1-19(2)23-17(20)16(18(21)24-19)14(15-9-6-12-22-15)11-10-13-7-4-3-5-8-13/h3-9,12,14,16H,1-2H3. The summed E-state index contributed by atoms with van der Waals surface area (Å²) < 4.78 is 15.8. The Morgan fingerprint density at radius 2 is 1.67 bits per heavy atom. The van der Waals surface area contributed by atoms with Crippen molar-refractivity contribution >= 4 is 11.9 Å². The van der Waals surface area contributed by atoms with E-state index in [4.69, 9.17) is 13.9 Å². The topological polar surface area (TPSA) is 65.7 Å². The van der Waals surface area contributed by atoms with Crippen molar-refractivity contribution in [1.29, 1.82) is 0 Å². The Bertz CT molecular complexity index is 773. The van der Waals surface area contributed by atoms with E-state index in [0.717, 1.165) is 5.56 Å². The zero-order valence-electron chi connectivity index (χ0n) is 13.3. The molecule has 5 nitrogen and oxygen atoms in total. The van der Waals surface area contributed by atoms with E-state index in [1.165, 1.54) is 20.1 Å². The van der Waals surface area contributed by atoms with Crippen molar-refractivity contribution in [2.75, 3.05) is 0 Å². The largest absolute Gasteiger partial charge is 0.468 e. The van der Waals surface area contributed by atoms with E-state index in [2.05, 4.69) is 11.8 Å². The molecule has 0 saturated carbocycles. The Labute approximate surface area is 139 Å². The molecule has 0 bridgehead atoms. The normalized spacial score (nSPS) is 18.1. The van der Waals surface area contributed by atoms with Crippen LogP contribution in [0.25, 0.3) is 0 Å². The number of furan rings is 1. The Hall–Kier alpha value is -3.00. The highest BCUT2D eigenvalue weighted by Crippen LogP contribution is 2.33. The van der Waals surface area contributed by atoms with E-state index in [9.17, 15) is 9.59 Å². The number of rotatable bonds is 2. The van der Waals surface area contributed by atoms with Crippen molar-refractivity contribution in [2.24, 2.45) is 5.92 Å². The third kappa shape index (κ3) is 3.33. The van der Waals surface area contributed by atoms with Crippen LogP contribution in [0.2, 0.25) is 0 Å². The fourth-order valence-electron chi connectivity index (χ4n) is 2.47. The lowest BCUT2D eigenvalue weighted by Gasteiger charge is -2.34. The molecule has 0 amide bonds. The second kappa shape index (κ2) is 6.25. The lowest BCUT2D eigenvalue weighted by atomic mass is 9.89. The highest BCUT2D eigenvalue weighted by Gasteiger charge is 2.48. The van der Waals surface area contributed by atoms with Gasteiger partial charge in [0, 0.05) is 19.4 Å². The smallest absolute Gasteiger partial charge is 0.325 e. The van der Waals surface area contributed by atoms with Crippen molar-refractivity contribution in [3.8, 4) is 11.8 Å². The first-order valence-electron chi connectivity index (χ1n) is 7.52. The molecule has 0 spiro atoms. The van der Waals surface area contributed by atoms with E-state index in [1.807, 2.05) is 30.3 Å². The maximum Gasteiger partial charge on any atom is 0.325 e. The van der Waals surface area contributed by atoms with Gasteiger partial charge in [-0.2, -0.15) is 0 Å². The van der Waals surface area contributed by atoms with Crippen LogP contribution in [0.1, 0.15) is 31.1 Å². The molecule has 1 unspecified atom stereocenters. The van der Waals surface area contributed by atoms with Gasteiger partial charge in [-0.3, -0.25) is 9.59 Å². The number of esters is 2. The second-order valence-electron chi connectivity index (χ2n) is 5.85. The van der Waals surface area contributed by atoms with Gasteiger partial charge >= 0.3 is 11.9 Å². The lowest BCUT2D eigenvalue weighted by molar-refractivity contribution is -0.240. The molecule has 2 heterocycles. The number of carbonyl (C=O) groups is 2. The Morgan fingerprint density at radius 1 is 1.00 bits per heavy atom. The molecule has 0 radical (unpaired) electrons. The predicted molar refractivity (Wildman–Crippen MR) is 84.5 cm³/mol. The van der Waals surface area contributed by atoms with Gasteiger partial charge in [0.05, 0.1) is 6.26 Å². The van der Waals surface area contributed by atoms with Gasteiger partial charge in [0.15, 0.2) is 5.92 Å². The molecule has 1 aromatic carbocycles. The molecule has 1 aliphatic heterocycles. The average Bonchev–Trinajstić information content (AvgIpc) is 3.04. The minimum atomic E-state index is -1.27. The van der Waals surface area contributed by atoms with Gasteiger partial charge in [-0.25, -0.2) is 0 Å². The number of hydrogen-bond donors (Lipinski definition) is 0. The first-order valence-corrected chi connectivity index (χ1v) is 7.52. The molecule has 1 aromatic heterocycles. The number of ether oxygens (including phenoxy) is 2. The van der Waals surface area contributed by atoms with Crippen molar-refractivity contribution in [2.45, 2.75) is 25.6 Å². The molecule has 1 fully saturated rings. The van der Waals surface area contributed by atoms with Crippen LogP contribution in [-0.2, 0) is 19.1 Å². The van der Waals surface area contributed by atoms with Crippen LogP contribution < -0.4 is 0 Å². The zero-order valence-corrected chi connectivity index (χ0v) is 13.3. The van der Waals surface area contributed by atoms with Gasteiger partial charge in [-0.05, 0) is 24.3 Å². The summed E-state index contributed by atoms with van der Waals surface area (Å²) in [5, 5.41) is 0. The van der Waals surface area contributed by atoms with Gasteiger partial charge in [0.1, 0.15) is 11.7 Å². The molecule has 1 atom stereocenters.